The topological polar surface area (TPSA) is 92.6 Å². The van der Waals surface area contributed by atoms with Crippen LogP contribution in [0.2, 0.25) is 0 Å². The molecule has 1 unspecified atom stereocenters. The molecule has 1 saturated carbocycles. The van der Waals surface area contributed by atoms with Crippen LogP contribution in [-0.4, -0.2) is 53.8 Å². The van der Waals surface area contributed by atoms with Crippen LogP contribution in [0.15, 0.2) is 30.7 Å². The first-order chi connectivity index (χ1) is 14.1. The van der Waals surface area contributed by atoms with Gasteiger partial charge in [0.15, 0.2) is 5.82 Å². The Morgan fingerprint density at radius 3 is 2.76 bits per heavy atom. The van der Waals surface area contributed by atoms with E-state index in [2.05, 4.69) is 20.3 Å². The second-order valence-electron chi connectivity index (χ2n) is 8.19. The normalized spacial score (nSPS) is 20.2. The standard InChI is InChI=1S/C21H25N7O/c1-3-28-14(2)16(11-23-28)20(29)27-12-17(21(13-27)7-4-8-21)19-24-18(25-26-19)15-5-9-22-10-6-15/h5-6,9-11,17H,3-4,7-8,12-13H2,1-2H3,(H,24,25,26). The van der Waals surface area contributed by atoms with E-state index in [9.17, 15) is 4.79 Å². The molecular formula is C21H25N7O. The molecule has 8 nitrogen and oxygen atoms in total. The number of hydrogen-bond donors (Lipinski definition) is 1. The van der Waals surface area contributed by atoms with Gasteiger partial charge in [-0.2, -0.15) is 10.2 Å². The highest BCUT2D eigenvalue weighted by Crippen LogP contribution is 2.55. The highest BCUT2D eigenvalue weighted by Gasteiger charge is 2.53. The van der Waals surface area contributed by atoms with Gasteiger partial charge in [-0.15, -0.1) is 0 Å². The fourth-order valence-corrected chi connectivity index (χ4v) is 4.84. The predicted molar refractivity (Wildman–Crippen MR) is 107 cm³/mol. The highest BCUT2D eigenvalue weighted by molar-refractivity contribution is 5.95. The zero-order valence-corrected chi connectivity index (χ0v) is 16.8. The van der Waals surface area contributed by atoms with Gasteiger partial charge in [0.2, 0.25) is 0 Å². The van der Waals surface area contributed by atoms with E-state index < -0.39 is 0 Å². The van der Waals surface area contributed by atoms with Crippen molar-refractivity contribution >= 4 is 5.91 Å². The maximum Gasteiger partial charge on any atom is 0.257 e. The van der Waals surface area contributed by atoms with Crippen molar-refractivity contribution in [3.8, 4) is 11.4 Å². The van der Waals surface area contributed by atoms with Crippen LogP contribution in [0.5, 0.6) is 0 Å². The maximum atomic E-state index is 13.2. The Hall–Kier alpha value is -3.03. The van der Waals surface area contributed by atoms with Gasteiger partial charge in [-0.3, -0.25) is 19.6 Å². The number of H-pyrrole nitrogens is 1. The first-order valence-corrected chi connectivity index (χ1v) is 10.3. The number of nitrogens with one attached hydrogen (secondary N) is 1. The number of carbonyl (C=O) groups is 1. The van der Waals surface area contributed by atoms with E-state index in [0.717, 1.165) is 43.0 Å². The van der Waals surface area contributed by atoms with E-state index in [0.29, 0.717) is 17.9 Å². The lowest BCUT2D eigenvalue weighted by Gasteiger charge is -2.41. The molecule has 3 aromatic heterocycles. The van der Waals surface area contributed by atoms with Gasteiger partial charge < -0.3 is 4.90 Å². The van der Waals surface area contributed by atoms with E-state index in [1.807, 2.05) is 35.6 Å². The first-order valence-electron chi connectivity index (χ1n) is 10.3. The molecule has 4 heterocycles. The van der Waals surface area contributed by atoms with Gasteiger partial charge in [-0.05, 0) is 44.2 Å². The molecule has 29 heavy (non-hydrogen) atoms. The summed E-state index contributed by atoms with van der Waals surface area (Å²) in [5, 5.41) is 11.9. The third-order valence-electron chi connectivity index (χ3n) is 6.69. The molecular weight excluding hydrogens is 366 g/mol. The third-order valence-corrected chi connectivity index (χ3v) is 6.69. The molecule has 3 aromatic rings. The Bertz CT molecular complexity index is 1030. The van der Waals surface area contributed by atoms with E-state index in [4.69, 9.17) is 4.98 Å². The predicted octanol–water partition coefficient (Wildman–Crippen LogP) is 2.80. The number of nitrogens with zero attached hydrogens (tertiary/aromatic N) is 6. The Kier molecular flexibility index (Phi) is 4.22. The lowest BCUT2D eigenvalue weighted by atomic mass is 9.62. The molecule has 2 fully saturated rings. The van der Waals surface area contributed by atoms with Crippen LogP contribution in [0.3, 0.4) is 0 Å². The molecule has 1 saturated heterocycles. The maximum absolute atomic E-state index is 13.2. The van der Waals surface area contributed by atoms with Crippen LogP contribution in [0.4, 0.5) is 0 Å². The zero-order valence-electron chi connectivity index (χ0n) is 16.8. The van der Waals surface area contributed by atoms with Crippen molar-refractivity contribution in [2.24, 2.45) is 5.41 Å². The van der Waals surface area contributed by atoms with Gasteiger partial charge in [0.05, 0.1) is 11.8 Å². The number of pyridine rings is 1. The number of rotatable bonds is 4. The number of aromatic nitrogens is 6. The average molecular weight is 391 g/mol. The number of hydrogen-bond acceptors (Lipinski definition) is 5. The van der Waals surface area contributed by atoms with Crippen LogP contribution in [0, 0.1) is 12.3 Å². The molecule has 1 aliphatic heterocycles. The number of aryl methyl sites for hydroxylation is 1. The Labute approximate surface area is 169 Å². The molecule has 1 N–H and O–H groups in total. The van der Waals surface area contributed by atoms with Gasteiger partial charge >= 0.3 is 0 Å². The minimum atomic E-state index is 0.0739. The minimum absolute atomic E-state index is 0.0739. The number of aromatic amines is 1. The Balaban J connectivity index is 1.42. The molecule has 2 aliphatic rings. The van der Waals surface area contributed by atoms with Crippen molar-refractivity contribution in [1.82, 2.24) is 34.8 Å². The average Bonchev–Trinajstić information content (AvgIpc) is 3.44. The van der Waals surface area contributed by atoms with Gasteiger partial charge in [-0.25, -0.2) is 4.98 Å². The molecule has 5 rings (SSSR count). The second-order valence-corrected chi connectivity index (χ2v) is 8.19. The lowest BCUT2D eigenvalue weighted by molar-refractivity contribution is 0.0723. The summed E-state index contributed by atoms with van der Waals surface area (Å²) in [6.07, 6.45) is 8.65. The molecule has 0 radical (unpaired) electrons. The van der Waals surface area contributed by atoms with Gasteiger partial charge in [0, 0.05) is 49.2 Å². The van der Waals surface area contributed by atoms with E-state index in [-0.39, 0.29) is 17.2 Å². The molecule has 0 aromatic carbocycles. The molecule has 0 bridgehead atoms. The minimum Gasteiger partial charge on any atom is -0.337 e. The van der Waals surface area contributed by atoms with Gasteiger partial charge in [-0.1, -0.05) is 6.42 Å². The van der Waals surface area contributed by atoms with Gasteiger partial charge in [0.25, 0.3) is 5.91 Å². The Morgan fingerprint density at radius 2 is 2.10 bits per heavy atom. The van der Waals surface area contributed by atoms with Gasteiger partial charge in [0.1, 0.15) is 5.82 Å². The fourth-order valence-electron chi connectivity index (χ4n) is 4.84. The van der Waals surface area contributed by atoms with E-state index in [1.54, 1.807) is 18.6 Å². The number of carbonyl (C=O) groups excluding carboxylic acids is 1. The summed E-state index contributed by atoms with van der Waals surface area (Å²) < 4.78 is 1.87. The summed E-state index contributed by atoms with van der Waals surface area (Å²) in [5.41, 5.74) is 2.69. The smallest absolute Gasteiger partial charge is 0.257 e. The van der Waals surface area contributed by atoms with Crippen LogP contribution < -0.4 is 0 Å². The first kappa shape index (κ1) is 18.0. The highest BCUT2D eigenvalue weighted by atomic mass is 16.2. The largest absolute Gasteiger partial charge is 0.337 e. The summed E-state index contributed by atoms with van der Waals surface area (Å²) in [6.45, 7) is 6.21. The molecule has 1 atom stereocenters. The van der Waals surface area contributed by atoms with Crippen molar-refractivity contribution in [2.45, 2.75) is 45.6 Å². The summed E-state index contributed by atoms with van der Waals surface area (Å²) in [4.78, 5) is 24.1. The van der Waals surface area contributed by atoms with Crippen molar-refractivity contribution in [3.63, 3.8) is 0 Å². The van der Waals surface area contributed by atoms with Crippen LogP contribution in [0.1, 0.15) is 54.0 Å². The van der Waals surface area contributed by atoms with Crippen molar-refractivity contribution in [2.75, 3.05) is 13.1 Å². The molecule has 1 aliphatic carbocycles. The fraction of sp³-hybridized carbons (Fsp3) is 0.476. The Morgan fingerprint density at radius 1 is 1.31 bits per heavy atom. The lowest BCUT2D eigenvalue weighted by Crippen LogP contribution is -2.38. The third kappa shape index (κ3) is 2.85. The molecule has 1 spiro atoms. The molecule has 8 heteroatoms. The molecule has 150 valence electrons. The van der Waals surface area contributed by atoms with Crippen LogP contribution >= 0.6 is 0 Å². The quantitative estimate of drug-likeness (QED) is 0.738. The summed E-state index contributed by atoms with van der Waals surface area (Å²) >= 11 is 0. The van der Waals surface area contributed by atoms with Crippen LogP contribution in [0.25, 0.3) is 11.4 Å². The van der Waals surface area contributed by atoms with Crippen LogP contribution in [-0.2, 0) is 6.54 Å². The molecule has 1 amide bonds. The number of amides is 1. The van der Waals surface area contributed by atoms with Crippen molar-refractivity contribution in [1.29, 1.82) is 0 Å². The zero-order chi connectivity index (χ0) is 20.0. The monoisotopic (exact) mass is 391 g/mol. The van der Waals surface area contributed by atoms with E-state index >= 15 is 0 Å². The second kappa shape index (κ2) is 6.79. The summed E-state index contributed by atoms with van der Waals surface area (Å²) in [7, 11) is 0. The van der Waals surface area contributed by atoms with E-state index in [1.165, 1.54) is 6.42 Å². The SMILES string of the molecule is CCn1ncc(C(=O)N2CC(c3nc(-c4ccncc4)n[nH]3)C3(CCC3)C2)c1C. The summed E-state index contributed by atoms with van der Waals surface area (Å²) in [6, 6.07) is 3.81. The van der Waals surface area contributed by atoms with Crippen molar-refractivity contribution in [3.05, 3.63) is 47.8 Å². The number of likely N-dealkylation sites (tertiary alicyclic amines) is 1. The van der Waals surface area contributed by atoms with Crippen molar-refractivity contribution < 1.29 is 4.79 Å². The summed E-state index contributed by atoms with van der Waals surface area (Å²) in [5.74, 6) is 1.82.